The van der Waals surface area contributed by atoms with Gasteiger partial charge in [0.15, 0.2) is 0 Å². The average Bonchev–Trinajstić information content (AvgIpc) is 2.35. The highest BCUT2D eigenvalue weighted by Crippen LogP contribution is 2.30. The summed E-state index contributed by atoms with van der Waals surface area (Å²) in [4.78, 5) is 25.6. The maximum Gasteiger partial charge on any atom is 0.251 e. The number of amides is 2. The van der Waals surface area contributed by atoms with Gasteiger partial charge in [-0.1, -0.05) is 6.92 Å². The van der Waals surface area contributed by atoms with Crippen LogP contribution >= 0.6 is 0 Å². The molecule has 4 heteroatoms. The van der Waals surface area contributed by atoms with E-state index in [1.54, 1.807) is 17.9 Å². The summed E-state index contributed by atoms with van der Waals surface area (Å²) < 4.78 is 0. The van der Waals surface area contributed by atoms with Crippen molar-refractivity contribution >= 4 is 17.5 Å². The Bertz CT molecular complexity index is 537. The molecule has 1 aromatic rings. The fourth-order valence-electron chi connectivity index (χ4n) is 2.65. The van der Waals surface area contributed by atoms with E-state index >= 15 is 0 Å². The van der Waals surface area contributed by atoms with Crippen LogP contribution in [0.2, 0.25) is 0 Å². The van der Waals surface area contributed by atoms with Crippen molar-refractivity contribution in [3.8, 4) is 0 Å². The van der Waals surface area contributed by atoms with Crippen molar-refractivity contribution in [2.24, 2.45) is 5.92 Å². The first-order valence-corrected chi connectivity index (χ1v) is 7.10. The molecule has 0 bridgehead atoms. The molecule has 0 aliphatic carbocycles. The van der Waals surface area contributed by atoms with Crippen molar-refractivity contribution in [3.63, 3.8) is 0 Å². The molecule has 1 heterocycles. The Kier molecular flexibility index (Phi) is 4.12. The van der Waals surface area contributed by atoms with E-state index in [1.165, 1.54) is 0 Å². The summed E-state index contributed by atoms with van der Waals surface area (Å²) in [6, 6.07) is 5.71. The number of rotatable bonds is 2. The van der Waals surface area contributed by atoms with Gasteiger partial charge in [-0.3, -0.25) is 9.59 Å². The van der Waals surface area contributed by atoms with Gasteiger partial charge in [-0.05, 0) is 49.9 Å². The summed E-state index contributed by atoms with van der Waals surface area (Å²) >= 11 is 0. The Hall–Kier alpha value is -1.84. The molecule has 1 N–H and O–H groups in total. The summed E-state index contributed by atoms with van der Waals surface area (Å²) in [6.07, 6.45) is 0.905. The molecule has 1 atom stereocenters. The standard InChI is InChI=1S/C16H22N2O2/c1-10(2)17-16(20)13-5-6-15-14(8-13)7-11(3)9-18(15)12(4)19/h5-6,8,10-11H,7,9H2,1-4H3,(H,17,20). The van der Waals surface area contributed by atoms with Gasteiger partial charge in [-0.25, -0.2) is 0 Å². The van der Waals surface area contributed by atoms with Crippen LogP contribution in [-0.2, 0) is 11.2 Å². The van der Waals surface area contributed by atoms with Crippen LogP contribution in [0.15, 0.2) is 18.2 Å². The quantitative estimate of drug-likeness (QED) is 0.900. The first kappa shape index (κ1) is 14.6. The fourth-order valence-corrected chi connectivity index (χ4v) is 2.65. The van der Waals surface area contributed by atoms with Crippen LogP contribution in [0.4, 0.5) is 5.69 Å². The topological polar surface area (TPSA) is 49.4 Å². The third kappa shape index (κ3) is 3.00. The van der Waals surface area contributed by atoms with Crippen LogP contribution in [0.3, 0.4) is 0 Å². The van der Waals surface area contributed by atoms with Gasteiger partial charge in [0.2, 0.25) is 5.91 Å². The van der Waals surface area contributed by atoms with Crippen LogP contribution in [0.25, 0.3) is 0 Å². The van der Waals surface area contributed by atoms with Crippen LogP contribution in [0.1, 0.15) is 43.6 Å². The van der Waals surface area contributed by atoms with Gasteiger partial charge in [0.1, 0.15) is 0 Å². The van der Waals surface area contributed by atoms with E-state index in [0.717, 1.165) is 24.2 Å². The number of benzene rings is 1. The van der Waals surface area contributed by atoms with Crippen molar-refractivity contribution in [3.05, 3.63) is 29.3 Å². The molecule has 0 saturated carbocycles. The van der Waals surface area contributed by atoms with Gasteiger partial charge in [0.05, 0.1) is 0 Å². The molecule has 1 aliphatic heterocycles. The van der Waals surface area contributed by atoms with Crippen molar-refractivity contribution in [2.45, 2.75) is 40.2 Å². The third-order valence-corrected chi connectivity index (χ3v) is 3.49. The summed E-state index contributed by atoms with van der Waals surface area (Å²) in [6.45, 7) is 8.34. The molecule has 1 aromatic carbocycles. The van der Waals surface area contributed by atoms with Gasteiger partial charge in [-0.15, -0.1) is 0 Å². The first-order chi connectivity index (χ1) is 9.38. The molecule has 1 unspecified atom stereocenters. The van der Waals surface area contributed by atoms with E-state index in [-0.39, 0.29) is 17.9 Å². The number of nitrogens with zero attached hydrogens (tertiary/aromatic N) is 1. The summed E-state index contributed by atoms with van der Waals surface area (Å²) in [5.74, 6) is 0.405. The van der Waals surface area contributed by atoms with Gasteiger partial charge < -0.3 is 10.2 Å². The average molecular weight is 274 g/mol. The monoisotopic (exact) mass is 274 g/mol. The molecular weight excluding hydrogens is 252 g/mol. The van der Waals surface area contributed by atoms with Gasteiger partial charge in [0.25, 0.3) is 5.91 Å². The Labute approximate surface area is 120 Å². The van der Waals surface area contributed by atoms with Crippen molar-refractivity contribution in [2.75, 3.05) is 11.4 Å². The fraction of sp³-hybridized carbons (Fsp3) is 0.500. The Morgan fingerprint density at radius 2 is 2.05 bits per heavy atom. The summed E-state index contributed by atoms with van der Waals surface area (Å²) in [5, 5.41) is 2.89. The van der Waals surface area contributed by atoms with Crippen molar-refractivity contribution < 1.29 is 9.59 Å². The van der Waals surface area contributed by atoms with Crippen LogP contribution in [0.5, 0.6) is 0 Å². The second-order valence-corrected chi connectivity index (χ2v) is 5.91. The zero-order valence-electron chi connectivity index (χ0n) is 12.6. The molecule has 0 spiro atoms. The second-order valence-electron chi connectivity index (χ2n) is 5.91. The molecule has 0 aromatic heterocycles. The molecule has 20 heavy (non-hydrogen) atoms. The number of fused-ring (bicyclic) bond motifs is 1. The molecule has 108 valence electrons. The van der Waals surface area contributed by atoms with Crippen LogP contribution in [-0.4, -0.2) is 24.4 Å². The van der Waals surface area contributed by atoms with E-state index in [2.05, 4.69) is 12.2 Å². The predicted octanol–water partition coefficient (Wildman–Crippen LogP) is 2.37. The maximum absolute atomic E-state index is 12.0. The van der Waals surface area contributed by atoms with Gasteiger partial charge in [0, 0.05) is 30.8 Å². The van der Waals surface area contributed by atoms with E-state index in [1.807, 2.05) is 26.0 Å². The highest BCUT2D eigenvalue weighted by atomic mass is 16.2. The highest BCUT2D eigenvalue weighted by Gasteiger charge is 2.25. The number of carbonyl (C=O) groups is 2. The lowest BCUT2D eigenvalue weighted by molar-refractivity contribution is -0.116. The lowest BCUT2D eigenvalue weighted by Gasteiger charge is -2.32. The normalized spacial score (nSPS) is 17.9. The molecule has 4 nitrogen and oxygen atoms in total. The SMILES string of the molecule is CC(=O)N1CC(C)Cc2cc(C(=O)NC(C)C)ccc21. The van der Waals surface area contributed by atoms with Gasteiger partial charge >= 0.3 is 0 Å². The Balaban J connectivity index is 2.33. The largest absolute Gasteiger partial charge is 0.350 e. The maximum atomic E-state index is 12.0. The minimum absolute atomic E-state index is 0.0529. The Morgan fingerprint density at radius 3 is 2.65 bits per heavy atom. The van der Waals surface area contributed by atoms with Gasteiger partial charge in [-0.2, -0.15) is 0 Å². The number of hydrogen-bond donors (Lipinski definition) is 1. The van der Waals surface area contributed by atoms with Crippen LogP contribution < -0.4 is 10.2 Å². The summed E-state index contributed by atoms with van der Waals surface area (Å²) in [5.41, 5.74) is 2.68. The van der Waals surface area contributed by atoms with E-state index < -0.39 is 0 Å². The summed E-state index contributed by atoms with van der Waals surface area (Å²) in [7, 11) is 0. The lowest BCUT2D eigenvalue weighted by Crippen LogP contribution is -2.38. The molecule has 1 aliphatic rings. The molecular formula is C16H22N2O2. The lowest BCUT2D eigenvalue weighted by atomic mass is 9.92. The van der Waals surface area contributed by atoms with E-state index in [9.17, 15) is 9.59 Å². The predicted molar refractivity (Wildman–Crippen MR) is 79.9 cm³/mol. The molecule has 0 saturated heterocycles. The third-order valence-electron chi connectivity index (χ3n) is 3.49. The number of carbonyl (C=O) groups excluding carboxylic acids is 2. The van der Waals surface area contributed by atoms with E-state index in [4.69, 9.17) is 0 Å². The Morgan fingerprint density at radius 1 is 1.35 bits per heavy atom. The smallest absolute Gasteiger partial charge is 0.251 e. The minimum atomic E-state index is -0.0598. The van der Waals surface area contributed by atoms with E-state index in [0.29, 0.717) is 11.5 Å². The molecule has 2 amide bonds. The number of hydrogen-bond acceptors (Lipinski definition) is 2. The number of nitrogens with one attached hydrogen (secondary N) is 1. The second kappa shape index (κ2) is 5.65. The first-order valence-electron chi connectivity index (χ1n) is 7.10. The zero-order valence-corrected chi connectivity index (χ0v) is 12.6. The highest BCUT2D eigenvalue weighted by molar-refractivity contribution is 5.97. The molecule has 2 rings (SSSR count). The van der Waals surface area contributed by atoms with Crippen molar-refractivity contribution in [1.82, 2.24) is 5.32 Å². The number of anilines is 1. The minimum Gasteiger partial charge on any atom is -0.350 e. The van der Waals surface area contributed by atoms with Crippen molar-refractivity contribution in [1.29, 1.82) is 0 Å². The molecule has 0 fully saturated rings. The van der Waals surface area contributed by atoms with Crippen LogP contribution in [0, 0.1) is 5.92 Å². The zero-order chi connectivity index (χ0) is 14.9. The molecule has 0 radical (unpaired) electrons.